The van der Waals surface area contributed by atoms with E-state index in [0.29, 0.717) is 23.3 Å². The third kappa shape index (κ3) is 3.58. The number of benzene rings is 1. The molecule has 0 bridgehead atoms. The fourth-order valence-electron chi connectivity index (χ4n) is 2.40. The molecule has 0 unspecified atom stereocenters. The molecule has 0 saturated heterocycles. The average Bonchev–Trinajstić information content (AvgIpc) is 2.99. The van der Waals surface area contributed by atoms with Crippen molar-refractivity contribution in [3.05, 3.63) is 68.9 Å². The van der Waals surface area contributed by atoms with E-state index >= 15 is 0 Å². The number of imidazole rings is 1. The lowest BCUT2D eigenvalue weighted by molar-refractivity contribution is -0.385. The highest BCUT2D eigenvalue weighted by Crippen LogP contribution is 2.26. The van der Waals surface area contributed by atoms with Crippen molar-refractivity contribution in [3.8, 4) is 5.82 Å². The van der Waals surface area contributed by atoms with Crippen molar-refractivity contribution >= 4 is 23.2 Å². The Hall–Kier alpha value is -3.00. The molecule has 1 aromatic carbocycles. The predicted octanol–water partition coefficient (Wildman–Crippen LogP) is 3.45. The Morgan fingerprint density at radius 3 is 2.56 bits per heavy atom. The van der Waals surface area contributed by atoms with Crippen LogP contribution in [0.3, 0.4) is 0 Å². The lowest BCUT2D eigenvalue weighted by atomic mass is 10.2. The van der Waals surface area contributed by atoms with E-state index in [2.05, 4.69) is 20.3 Å². The number of aromatic nitrogens is 4. The van der Waals surface area contributed by atoms with Crippen LogP contribution in [0.1, 0.15) is 17.1 Å². The van der Waals surface area contributed by atoms with Crippen molar-refractivity contribution in [3.63, 3.8) is 0 Å². The van der Waals surface area contributed by atoms with Gasteiger partial charge in [0.1, 0.15) is 11.5 Å². The van der Waals surface area contributed by atoms with Crippen LogP contribution in [0.2, 0.25) is 5.02 Å². The summed E-state index contributed by atoms with van der Waals surface area (Å²) in [5.74, 6) is 1.09. The first-order valence-corrected chi connectivity index (χ1v) is 7.85. The third-order valence-electron chi connectivity index (χ3n) is 3.64. The molecule has 9 heteroatoms. The smallest absolute Gasteiger partial charge is 0.333 e. The van der Waals surface area contributed by atoms with Gasteiger partial charge in [0.15, 0.2) is 0 Å². The van der Waals surface area contributed by atoms with Gasteiger partial charge in [-0.1, -0.05) is 23.7 Å². The first kappa shape index (κ1) is 16.8. The summed E-state index contributed by atoms with van der Waals surface area (Å²) in [5, 5.41) is 15.2. The Labute approximate surface area is 148 Å². The van der Waals surface area contributed by atoms with E-state index in [1.54, 1.807) is 42.9 Å². The molecule has 0 atom stereocenters. The van der Waals surface area contributed by atoms with E-state index in [4.69, 9.17) is 11.6 Å². The third-order valence-corrected chi connectivity index (χ3v) is 3.89. The van der Waals surface area contributed by atoms with Crippen LogP contribution in [0.5, 0.6) is 0 Å². The minimum atomic E-state index is -0.479. The number of nitro groups is 1. The van der Waals surface area contributed by atoms with Gasteiger partial charge in [-0.2, -0.15) is 4.98 Å². The first-order valence-electron chi connectivity index (χ1n) is 7.47. The Kier molecular flexibility index (Phi) is 4.62. The van der Waals surface area contributed by atoms with Gasteiger partial charge in [-0.05, 0) is 31.5 Å². The zero-order valence-corrected chi connectivity index (χ0v) is 14.4. The molecule has 2 aromatic heterocycles. The van der Waals surface area contributed by atoms with Crippen molar-refractivity contribution in [2.75, 3.05) is 5.32 Å². The number of nitrogens with zero attached hydrogens (tertiary/aromatic N) is 5. The highest BCUT2D eigenvalue weighted by atomic mass is 35.5. The molecule has 3 aromatic rings. The number of anilines is 1. The molecule has 0 radical (unpaired) electrons. The predicted molar refractivity (Wildman–Crippen MR) is 94.1 cm³/mol. The number of hydrogen-bond acceptors (Lipinski definition) is 6. The molecule has 3 rings (SSSR count). The Bertz CT molecular complexity index is 923. The quantitative estimate of drug-likeness (QED) is 0.554. The maximum absolute atomic E-state index is 11.4. The second-order valence-electron chi connectivity index (χ2n) is 5.39. The molecule has 2 heterocycles. The normalized spacial score (nSPS) is 10.7. The summed E-state index contributed by atoms with van der Waals surface area (Å²) >= 11 is 5.87. The van der Waals surface area contributed by atoms with Crippen LogP contribution in [0, 0.1) is 24.0 Å². The fraction of sp³-hybridized carbons (Fsp3) is 0.188. The molecule has 0 saturated carbocycles. The topological polar surface area (TPSA) is 98.8 Å². The summed E-state index contributed by atoms with van der Waals surface area (Å²) in [6.07, 6.45) is 3.20. The van der Waals surface area contributed by atoms with Crippen molar-refractivity contribution in [2.24, 2.45) is 0 Å². The molecule has 0 aliphatic carbocycles. The molecule has 0 aliphatic rings. The average molecular weight is 359 g/mol. The van der Waals surface area contributed by atoms with Crippen LogP contribution < -0.4 is 5.32 Å². The van der Waals surface area contributed by atoms with Gasteiger partial charge in [0.2, 0.25) is 11.8 Å². The Morgan fingerprint density at radius 1 is 1.24 bits per heavy atom. The van der Waals surface area contributed by atoms with E-state index in [1.807, 2.05) is 12.1 Å². The molecule has 0 spiro atoms. The van der Waals surface area contributed by atoms with Gasteiger partial charge >= 0.3 is 5.69 Å². The van der Waals surface area contributed by atoms with E-state index in [9.17, 15) is 10.1 Å². The summed E-state index contributed by atoms with van der Waals surface area (Å²) in [4.78, 5) is 23.6. The van der Waals surface area contributed by atoms with Gasteiger partial charge in [0.25, 0.3) is 0 Å². The Morgan fingerprint density at radius 2 is 1.96 bits per heavy atom. The summed E-state index contributed by atoms with van der Waals surface area (Å²) < 4.78 is 1.57. The summed E-state index contributed by atoms with van der Waals surface area (Å²) in [6, 6.07) is 7.35. The zero-order chi connectivity index (χ0) is 18.0. The first-order chi connectivity index (χ1) is 12.0. The van der Waals surface area contributed by atoms with Crippen molar-refractivity contribution in [2.45, 2.75) is 20.4 Å². The fourth-order valence-corrected chi connectivity index (χ4v) is 2.52. The van der Waals surface area contributed by atoms with Gasteiger partial charge < -0.3 is 5.32 Å². The van der Waals surface area contributed by atoms with Crippen LogP contribution >= 0.6 is 11.6 Å². The lowest BCUT2D eigenvalue weighted by Crippen LogP contribution is -2.11. The second kappa shape index (κ2) is 6.86. The van der Waals surface area contributed by atoms with Gasteiger partial charge in [0.05, 0.1) is 4.92 Å². The maximum Gasteiger partial charge on any atom is 0.333 e. The molecule has 0 aliphatic heterocycles. The second-order valence-corrected chi connectivity index (χ2v) is 5.82. The molecule has 0 fully saturated rings. The molecule has 128 valence electrons. The lowest BCUT2D eigenvalue weighted by Gasteiger charge is -2.10. The number of hydrogen-bond donors (Lipinski definition) is 1. The van der Waals surface area contributed by atoms with Gasteiger partial charge in [-0.15, -0.1) is 0 Å². The van der Waals surface area contributed by atoms with E-state index in [-0.39, 0.29) is 17.2 Å². The molecular weight excluding hydrogens is 344 g/mol. The van der Waals surface area contributed by atoms with Crippen molar-refractivity contribution < 1.29 is 4.92 Å². The molecular formula is C16H15ClN6O2. The SMILES string of the molecule is Cc1nc(NCc2ccc(Cl)cc2)nc(-n2ccnc2C)c1[N+](=O)[O-]. The van der Waals surface area contributed by atoms with Crippen LogP contribution in [0.25, 0.3) is 5.82 Å². The van der Waals surface area contributed by atoms with Gasteiger partial charge in [-0.25, -0.2) is 9.97 Å². The molecule has 8 nitrogen and oxygen atoms in total. The van der Waals surface area contributed by atoms with Crippen molar-refractivity contribution in [1.82, 2.24) is 19.5 Å². The number of rotatable bonds is 5. The summed E-state index contributed by atoms with van der Waals surface area (Å²) in [7, 11) is 0. The van der Waals surface area contributed by atoms with Crippen LogP contribution in [-0.2, 0) is 6.54 Å². The summed E-state index contributed by atoms with van der Waals surface area (Å²) in [6.45, 7) is 3.81. The monoisotopic (exact) mass is 358 g/mol. The largest absolute Gasteiger partial charge is 0.350 e. The van der Waals surface area contributed by atoms with Crippen LogP contribution in [0.15, 0.2) is 36.7 Å². The van der Waals surface area contributed by atoms with Crippen molar-refractivity contribution in [1.29, 1.82) is 0 Å². The summed E-state index contributed by atoms with van der Waals surface area (Å²) in [5.41, 5.74) is 1.13. The molecule has 0 amide bonds. The zero-order valence-electron chi connectivity index (χ0n) is 13.6. The van der Waals surface area contributed by atoms with E-state index in [1.165, 1.54) is 0 Å². The number of aryl methyl sites for hydroxylation is 2. The minimum absolute atomic E-state index is 0.141. The molecule has 25 heavy (non-hydrogen) atoms. The molecule has 1 N–H and O–H groups in total. The van der Waals surface area contributed by atoms with Crippen LogP contribution in [-0.4, -0.2) is 24.4 Å². The number of nitrogens with one attached hydrogen (secondary N) is 1. The van der Waals surface area contributed by atoms with Crippen LogP contribution in [0.4, 0.5) is 11.6 Å². The van der Waals surface area contributed by atoms with Gasteiger partial charge in [-0.3, -0.25) is 14.7 Å². The highest BCUT2D eigenvalue weighted by Gasteiger charge is 2.24. The van der Waals surface area contributed by atoms with E-state index in [0.717, 1.165) is 5.56 Å². The minimum Gasteiger partial charge on any atom is -0.350 e. The van der Waals surface area contributed by atoms with E-state index < -0.39 is 4.92 Å². The Balaban J connectivity index is 1.95. The highest BCUT2D eigenvalue weighted by molar-refractivity contribution is 6.30. The standard InChI is InChI=1S/C16H15ClN6O2/c1-10-14(23(24)25)15(22-8-7-18-11(22)2)21-16(20-10)19-9-12-3-5-13(17)6-4-12/h3-8H,9H2,1-2H3,(H,19,20,21). The maximum atomic E-state index is 11.4. The van der Waals surface area contributed by atoms with Gasteiger partial charge in [0, 0.05) is 24.0 Å². The number of halogens is 1.